The molecule has 1 saturated heterocycles. The van der Waals surface area contributed by atoms with Gasteiger partial charge in [0.1, 0.15) is 0 Å². The lowest BCUT2D eigenvalue weighted by Gasteiger charge is -2.18. The second-order valence-electron chi connectivity index (χ2n) is 3.85. The Morgan fingerprint density at radius 1 is 1.69 bits per heavy atom. The van der Waals surface area contributed by atoms with Crippen LogP contribution in [0.2, 0.25) is 0 Å². The summed E-state index contributed by atoms with van der Waals surface area (Å²) in [6.45, 7) is 4.54. The minimum Gasteiger partial charge on any atom is -0.450 e. The molecule has 1 aliphatic heterocycles. The molecule has 1 atom stereocenters. The molecule has 0 saturated carbocycles. The lowest BCUT2D eigenvalue weighted by molar-refractivity contribution is -0.124. The van der Waals surface area contributed by atoms with Gasteiger partial charge in [-0.25, -0.2) is 4.79 Å². The van der Waals surface area contributed by atoms with Gasteiger partial charge in [-0.2, -0.15) is 0 Å². The number of carbonyl (C=O) groups is 2. The lowest BCUT2D eigenvalue weighted by Crippen LogP contribution is -2.40. The molecule has 0 aromatic carbocycles. The molecular weight excluding hydrogens is 210 g/mol. The number of nitrogens with zero attached hydrogens (tertiary/aromatic N) is 1. The Bertz CT molecular complexity index is 258. The average Bonchev–Trinajstić information content (AvgIpc) is 2.38. The van der Waals surface area contributed by atoms with Crippen molar-refractivity contribution < 1.29 is 14.3 Å². The molecule has 0 aromatic rings. The number of ether oxygens (including phenoxy) is 1. The Labute approximate surface area is 95.3 Å². The van der Waals surface area contributed by atoms with Crippen LogP contribution < -0.4 is 10.6 Å². The predicted octanol–water partition coefficient (Wildman–Crippen LogP) is -0.590. The Morgan fingerprint density at radius 3 is 3.12 bits per heavy atom. The van der Waals surface area contributed by atoms with Gasteiger partial charge in [-0.3, -0.25) is 4.79 Å². The van der Waals surface area contributed by atoms with Gasteiger partial charge in [-0.15, -0.1) is 0 Å². The molecule has 0 bridgehead atoms. The zero-order valence-corrected chi connectivity index (χ0v) is 9.78. The highest BCUT2D eigenvalue weighted by Gasteiger charge is 2.23. The number of rotatable bonds is 3. The fourth-order valence-corrected chi connectivity index (χ4v) is 1.61. The summed E-state index contributed by atoms with van der Waals surface area (Å²) >= 11 is 0. The third-order valence-electron chi connectivity index (χ3n) is 2.46. The zero-order chi connectivity index (χ0) is 12.0. The minimum atomic E-state index is -0.470. The Balaban J connectivity index is 2.38. The van der Waals surface area contributed by atoms with Gasteiger partial charge in [0, 0.05) is 26.2 Å². The van der Waals surface area contributed by atoms with Crippen molar-refractivity contribution in [2.45, 2.75) is 6.92 Å². The van der Waals surface area contributed by atoms with E-state index in [1.54, 1.807) is 6.92 Å². The molecule has 0 spiro atoms. The van der Waals surface area contributed by atoms with Crippen LogP contribution in [0, 0.1) is 5.92 Å². The summed E-state index contributed by atoms with van der Waals surface area (Å²) in [6.07, 6.45) is -0.470. The summed E-state index contributed by atoms with van der Waals surface area (Å²) in [6, 6.07) is 0. The monoisotopic (exact) mass is 229 g/mol. The molecule has 16 heavy (non-hydrogen) atoms. The molecular formula is C10H19N3O3. The highest BCUT2D eigenvalue weighted by molar-refractivity contribution is 5.80. The Hall–Kier alpha value is -1.30. The zero-order valence-electron chi connectivity index (χ0n) is 9.78. The quantitative estimate of drug-likeness (QED) is 0.678. The van der Waals surface area contributed by atoms with E-state index in [4.69, 9.17) is 4.74 Å². The second-order valence-corrected chi connectivity index (χ2v) is 3.85. The molecule has 1 rings (SSSR count). The summed E-state index contributed by atoms with van der Waals surface area (Å²) < 4.78 is 4.73. The van der Waals surface area contributed by atoms with Crippen molar-refractivity contribution in [3.05, 3.63) is 0 Å². The van der Waals surface area contributed by atoms with Gasteiger partial charge in [0.2, 0.25) is 5.91 Å². The first-order valence-electron chi connectivity index (χ1n) is 5.50. The first-order chi connectivity index (χ1) is 7.63. The van der Waals surface area contributed by atoms with E-state index < -0.39 is 6.09 Å². The molecule has 2 amide bonds. The first kappa shape index (κ1) is 12.8. The fourth-order valence-electron chi connectivity index (χ4n) is 1.61. The van der Waals surface area contributed by atoms with E-state index in [-0.39, 0.29) is 11.8 Å². The molecule has 1 heterocycles. The van der Waals surface area contributed by atoms with Gasteiger partial charge < -0.3 is 20.3 Å². The van der Waals surface area contributed by atoms with E-state index in [0.717, 1.165) is 6.54 Å². The highest BCUT2D eigenvalue weighted by atomic mass is 16.5. The normalized spacial score (nSPS) is 22.1. The molecule has 2 N–H and O–H groups in total. The van der Waals surface area contributed by atoms with Gasteiger partial charge >= 0.3 is 6.09 Å². The maximum Gasteiger partial charge on any atom is 0.407 e. The Kier molecular flexibility index (Phi) is 5.04. The molecule has 0 aliphatic carbocycles. The maximum absolute atomic E-state index is 11.6. The maximum atomic E-state index is 11.6. The van der Waals surface area contributed by atoms with E-state index in [1.807, 2.05) is 7.05 Å². The van der Waals surface area contributed by atoms with Gasteiger partial charge in [0.05, 0.1) is 12.5 Å². The minimum absolute atomic E-state index is 0.0128. The van der Waals surface area contributed by atoms with E-state index in [9.17, 15) is 9.59 Å². The summed E-state index contributed by atoms with van der Waals surface area (Å²) in [5, 5.41) is 5.39. The van der Waals surface area contributed by atoms with Crippen LogP contribution >= 0.6 is 0 Å². The van der Waals surface area contributed by atoms with Crippen LogP contribution in [0.3, 0.4) is 0 Å². The van der Waals surface area contributed by atoms with Crippen molar-refractivity contribution in [3.8, 4) is 0 Å². The molecule has 0 radical (unpaired) electrons. The van der Waals surface area contributed by atoms with E-state index in [1.165, 1.54) is 0 Å². The molecule has 6 nitrogen and oxygen atoms in total. The number of hydrogen-bond donors (Lipinski definition) is 2. The number of amides is 2. The number of alkyl carbamates (subject to hydrolysis) is 1. The van der Waals surface area contributed by atoms with Gasteiger partial charge in [-0.05, 0) is 14.0 Å². The van der Waals surface area contributed by atoms with Crippen molar-refractivity contribution in [2.24, 2.45) is 5.92 Å². The van der Waals surface area contributed by atoms with Crippen LogP contribution in [-0.2, 0) is 9.53 Å². The summed E-state index contributed by atoms with van der Waals surface area (Å²) in [7, 11) is 1.96. The van der Waals surface area contributed by atoms with Crippen molar-refractivity contribution in [2.75, 3.05) is 39.8 Å². The Morgan fingerprint density at radius 2 is 2.44 bits per heavy atom. The van der Waals surface area contributed by atoms with Gasteiger partial charge in [0.15, 0.2) is 0 Å². The van der Waals surface area contributed by atoms with Crippen LogP contribution in [0.5, 0.6) is 0 Å². The second kappa shape index (κ2) is 6.32. The van der Waals surface area contributed by atoms with Crippen molar-refractivity contribution >= 4 is 12.0 Å². The van der Waals surface area contributed by atoms with Crippen LogP contribution in [0.25, 0.3) is 0 Å². The van der Waals surface area contributed by atoms with Crippen LogP contribution in [0.4, 0.5) is 4.79 Å². The number of likely N-dealkylation sites (N-methyl/N-ethyl adjacent to an activating group) is 1. The predicted molar refractivity (Wildman–Crippen MR) is 59.0 cm³/mol. The lowest BCUT2D eigenvalue weighted by atomic mass is 10.1. The number of nitrogens with one attached hydrogen (secondary N) is 2. The van der Waals surface area contributed by atoms with Crippen LogP contribution in [-0.4, -0.2) is 56.7 Å². The smallest absolute Gasteiger partial charge is 0.407 e. The largest absolute Gasteiger partial charge is 0.450 e. The number of carbonyl (C=O) groups excluding carboxylic acids is 2. The average molecular weight is 229 g/mol. The standard InChI is InChI=1S/C10H19N3O3/c1-3-16-10(15)12-6-8-7-13(2)5-4-11-9(8)14/h8H,3-7H2,1-2H3,(H,11,14)(H,12,15). The molecule has 92 valence electrons. The van der Waals surface area contributed by atoms with E-state index in [0.29, 0.717) is 26.2 Å². The van der Waals surface area contributed by atoms with Crippen molar-refractivity contribution in [1.29, 1.82) is 0 Å². The number of hydrogen-bond acceptors (Lipinski definition) is 4. The van der Waals surface area contributed by atoms with E-state index >= 15 is 0 Å². The molecule has 0 aromatic heterocycles. The topological polar surface area (TPSA) is 70.7 Å². The SMILES string of the molecule is CCOC(=O)NCC1CN(C)CCNC1=O. The molecule has 6 heteroatoms. The summed E-state index contributed by atoms with van der Waals surface area (Å²) in [4.78, 5) is 24.7. The highest BCUT2D eigenvalue weighted by Crippen LogP contribution is 2.02. The molecule has 1 fully saturated rings. The fraction of sp³-hybridized carbons (Fsp3) is 0.800. The molecule has 1 aliphatic rings. The van der Waals surface area contributed by atoms with Gasteiger partial charge in [-0.1, -0.05) is 0 Å². The van der Waals surface area contributed by atoms with E-state index in [2.05, 4.69) is 15.5 Å². The first-order valence-corrected chi connectivity index (χ1v) is 5.50. The third kappa shape index (κ3) is 4.06. The summed E-state index contributed by atoms with van der Waals surface area (Å²) in [5.74, 6) is -0.224. The summed E-state index contributed by atoms with van der Waals surface area (Å²) in [5.41, 5.74) is 0. The van der Waals surface area contributed by atoms with Crippen molar-refractivity contribution in [3.63, 3.8) is 0 Å². The van der Waals surface area contributed by atoms with Gasteiger partial charge in [0.25, 0.3) is 0 Å². The molecule has 1 unspecified atom stereocenters. The van der Waals surface area contributed by atoms with Crippen LogP contribution in [0.15, 0.2) is 0 Å². The van der Waals surface area contributed by atoms with Crippen molar-refractivity contribution in [1.82, 2.24) is 15.5 Å². The van der Waals surface area contributed by atoms with Crippen LogP contribution in [0.1, 0.15) is 6.92 Å². The third-order valence-corrected chi connectivity index (χ3v) is 2.46.